The van der Waals surface area contributed by atoms with Crippen LogP contribution in [-0.2, 0) is 6.42 Å². The van der Waals surface area contributed by atoms with E-state index in [9.17, 15) is 0 Å². The van der Waals surface area contributed by atoms with E-state index >= 15 is 0 Å². The van der Waals surface area contributed by atoms with Gasteiger partial charge in [-0.3, -0.25) is 0 Å². The molecule has 0 aliphatic carbocycles. The molecule has 0 saturated heterocycles. The highest BCUT2D eigenvalue weighted by atomic mass is 32.1. The molecule has 0 aliphatic rings. The van der Waals surface area contributed by atoms with Crippen molar-refractivity contribution in [2.24, 2.45) is 0 Å². The molecule has 0 heterocycles. The van der Waals surface area contributed by atoms with Crippen LogP contribution in [0.25, 0.3) is 0 Å². The molecule has 19 heavy (non-hydrogen) atoms. The third-order valence-corrected chi connectivity index (χ3v) is 3.31. The van der Waals surface area contributed by atoms with E-state index in [4.69, 9.17) is 12.2 Å². The van der Waals surface area contributed by atoms with Gasteiger partial charge in [-0.05, 0) is 42.8 Å². The molecule has 0 amide bonds. The van der Waals surface area contributed by atoms with Crippen LogP contribution in [0.1, 0.15) is 51.5 Å². The van der Waals surface area contributed by atoms with Crippen LogP contribution in [0.2, 0.25) is 0 Å². The molecule has 106 valence electrons. The zero-order chi connectivity index (χ0) is 13.9. The van der Waals surface area contributed by atoms with E-state index in [1.807, 2.05) is 0 Å². The maximum atomic E-state index is 5.28. The van der Waals surface area contributed by atoms with Crippen LogP contribution < -0.4 is 10.6 Å². The average Bonchev–Trinajstić information content (AvgIpc) is 2.41. The Morgan fingerprint density at radius 1 is 1.00 bits per heavy atom. The molecule has 1 rings (SSSR count). The summed E-state index contributed by atoms with van der Waals surface area (Å²) < 4.78 is 0. The minimum Gasteiger partial charge on any atom is -0.362 e. The van der Waals surface area contributed by atoms with Gasteiger partial charge in [-0.1, -0.05) is 51.7 Å². The molecular weight excluding hydrogens is 252 g/mol. The van der Waals surface area contributed by atoms with Crippen LogP contribution in [-0.4, -0.2) is 11.7 Å². The van der Waals surface area contributed by atoms with Gasteiger partial charge in [0, 0.05) is 12.2 Å². The molecule has 0 spiro atoms. The van der Waals surface area contributed by atoms with E-state index in [0.717, 1.165) is 23.8 Å². The van der Waals surface area contributed by atoms with Crippen molar-refractivity contribution in [1.82, 2.24) is 5.32 Å². The summed E-state index contributed by atoms with van der Waals surface area (Å²) in [5.74, 6) is 0. The molecule has 0 saturated carbocycles. The molecule has 0 atom stereocenters. The lowest BCUT2D eigenvalue weighted by atomic mass is 10.1. The molecule has 0 bridgehead atoms. The third kappa shape index (κ3) is 7.16. The van der Waals surface area contributed by atoms with Gasteiger partial charge in [0.2, 0.25) is 0 Å². The number of nitrogens with one attached hydrogen (secondary N) is 2. The number of aryl methyl sites for hydroxylation is 1. The zero-order valence-corrected chi connectivity index (χ0v) is 13.0. The minimum absolute atomic E-state index is 0.722. The SMILES string of the molecule is CCCCCCNC(=S)Nc1ccc(CCC)cc1. The van der Waals surface area contributed by atoms with Crippen molar-refractivity contribution in [3.05, 3.63) is 29.8 Å². The zero-order valence-electron chi connectivity index (χ0n) is 12.2. The number of unbranched alkanes of at least 4 members (excludes halogenated alkanes) is 3. The van der Waals surface area contributed by atoms with Crippen LogP contribution in [0.4, 0.5) is 5.69 Å². The Morgan fingerprint density at radius 3 is 2.37 bits per heavy atom. The van der Waals surface area contributed by atoms with Crippen molar-refractivity contribution in [2.45, 2.75) is 52.4 Å². The molecule has 0 unspecified atom stereocenters. The second-order valence-corrected chi connectivity index (χ2v) is 5.30. The van der Waals surface area contributed by atoms with Gasteiger partial charge in [-0.15, -0.1) is 0 Å². The number of anilines is 1. The lowest BCUT2D eigenvalue weighted by Crippen LogP contribution is -2.29. The lowest BCUT2D eigenvalue weighted by molar-refractivity contribution is 0.655. The molecule has 1 aromatic rings. The van der Waals surface area contributed by atoms with E-state index in [-0.39, 0.29) is 0 Å². The molecule has 1 aromatic carbocycles. The Morgan fingerprint density at radius 2 is 1.74 bits per heavy atom. The summed E-state index contributed by atoms with van der Waals surface area (Å²) in [5, 5.41) is 7.19. The fourth-order valence-corrected chi connectivity index (χ4v) is 2.19. The highest BCUT2D eigenvalue weighted by Gasteiger charge is 1.97. The fraction of sp³-hybridized carbons (Fsp3) is 0.562. The summed E-state index contributed by atoms with van der Waals surface area (Å²) in [7, 11) is 0. The molecule has 0 aliphatic heterocycles. The summed E-state index contributed by atoms with van der Waals surface area (Å²) in [5.41, 5.74) is 2.44. The molecule has 3 heteroatoms. The van der Waals surface area contributed by atoms with Crippen molar-refractivity contribution < 1.29 is 0 Å². The summed E-state index contributed by atoms with van der Waals surface area (Å²) in [4.78, 5) is 0. The Labute approximate surface area is 123 Å². The van der Waals surface area contributed by atoms with Crippen LogP contribution in [0.15, 0.2) is 24.3 Å². The predicted octanol–water partition coefficient (Wildman–Crippen LogP) is 4.51. The summed E-state index contributed by atoms with van der Waals surface area (Å²) in [6.07, 6.45) is 7.36. The number of hydrogen-bond acceptors (Lipinski definition) is 1. The largest absolute Gasteiger partial charge is 0.362 e. The van der Waals surface area contributed by atoms with Crippen molar-refractivity contribution in [3.63, 3.8) is 0 Å². The number of thiocarbonyl (C=S) groups is 1. The van der Waals surface area contributed by atoms with Crippen LogP contribution in [0.3, 0.4) is 0 Å². The van der Waals surface area contributed by atoms with Gasteiger partial charge < -0.3 is 10.6 Å². The standard InChI is InChI=1S/C16H26N2S/c1-3-5-6-7-13-17-16(19)18-15-11-9-14(8-4-2)10-12-15/h9-12H,3-8,13H2,1-2H3,(H2,17,18,19). The summed E-state index contributed by atoms with van der Waals surface area (Å²) >= 11 is 5.28. The first-order valence-corrected chi connectivity index (χ1v) is 7.81. The molecular formula is C16H26N2S. The Balaban J connectivity index is 2.24. The van der Waals surface area contributed by atoms with Crippen LogP contribution in [0, 0.1) is 0 Å². The molecule has 0 aromatic heterocycles. The van der Waals surface area contributed by atoms with E-state index < -0.39 is 0 Å². The van der Waals surface area contributed by atoms with Crippen LogP contribution >= 0.6 is 12.2 Å². The Kier molecular flexibility index (Phi) is 8.23. The first-order chi connectivity index (χ1) is 9.26. The molecule has 2 nitrogen and oxygen atoms in total. The average molecular weight is 278 g/mol. The lowest BCUT2D eigenvalue weighted by Gasteiger charge is -2.10. The monoisotopic (exact) mass is 278 g/mol. The fourth-order valence-electron chi connectivity index (χ4n) is 1.97. The molecule has 0 fully saturated rings. The second-order valence-electron chi connectivity index (χ2n) is 4.89. The van der Waals surface area contributed by atoms with Gasteiger partial charge in [0.1, 0.15) is 0 Å². The predicted molar refractivity (Wildman–Crippen MR) is 88.8 cm³/mol. The Bertz CT molecular complexity index is 360. The Hall–Kier alpha value is -1.09. The first-order valence-electron chi connectivity index (χ1n) is 7.40. The van der Waals surface area contributed by atoms with Gasteiger partial charge >= 0.3 is 0 Å². The van der Waals surface area contributed by atoms with Gasteiger partial charge in [-0.2, -0.15) is 0 Å². The van der Waals surface area contributed by atoms with Gasteiger partial charge in [0.05, 0.1) is 0 Å². The van der Waals surface area contributed by atoms with Crippen molar-refractivity contribution in [1.29, 1.82) is 0 Å². The summed E-state index contributed by atoms with van der Waals surface area (Å²) in [6.45, 7) is 5.38. The third-order valence-electron chi connectivity index (χ3n) is 3.07. The van der Waals surface area contributed by atoms with Gasteiger partial charge in [0.15, 0.2) is 5.11 Å². The highest BCUT2D eigenvalue weighted by Crippen LogP contribution is 2.10. The minimum atomic E-state index is 0.722. The van der Waals surface area contributed by atoms with E-state index in [1.165, 1.54) is 37.7 Å². The smallest absolute Gasteiger partial charge is 0.170 e. The maximum absolute atomic E-state index is 5.28. The number of hydrogen-bond donors (Lipinski definition) is 2. The number of benzene rings is 1. The topological polar surface area (TPSA) is 24.1 Å². The maximum Gasteiger partial charge on any atom is 0.170 e. The highest BCUT2D eigenvalue weighted by molar-refractivity contribution is 7.80. The van der Waals surface area contributed by atoms with Crippen molar-refractivity contribution >= 4 is 23.0 Å². The first kappa shape index (κ1) is 16.0. The molecule has 2 N–H and O–H groups in total. The number of rotatable bonds is 8. The second kappa shape index (κ2) is 9.79. The van der Waals surface area contributed by atoms with E-state index in [1.54, 1.807) is 0 Å². The van der Waals surface area contributed by atoms with Crippen molar-refractivity contribution in [3.8, 4) is 0 Å². The normalized spacial score (nSPS) is 10.2. The van der Waals surface area contributed by atoms with Gasteiger partial charge in [-0.25, -0.2) is 0 Å². The quantitative estimate of drug-likeness (QED) is 0.540. The van der Waals surface area contributed by atoms with Crippen LogP contribution in [0.5, 0.6) is 0 Å². The summed E-state index contributed by atoms with van der Waals surface area (Å²) in [6, 6.07) is 8.51. The van der Waals surface area contributed by atoms with Gasteiger partial charge in [0.25, 0.3) is 0 Å². The van der Waals surface area contributed by atoms with E-state index in [2.05, 4.69) is 48.7 Å². The van der Waals surface area contributed by atoms with Crippen molar-refractivity contribution in [2.75, 3.05) is 11.9 Å². The molecule has 0 radical (unpaired) electrons. The van der Waals surface area contributed by atoms with E-state index in [0.29, 0.717) is 0 Å².